The van der Waals surface area contributed by atoms with Crippen molar-refractivity contribution < 1.29 is 14.0 Å². The van der Waals surface area contributed by atoms with E-state index in [2.05, 4.69) is 10.3 Å². The van der Waals surface area contributed by atoms with Crippen LogP contribution in [0, 0.1) is 18.7 Å². The molecule has 1 aliphatic heterocycles. The van der Waals surface area contributed by atoms with Crippen LogP contribution in [0.1, 0.15) is 37.0 Å². The molecule has 0 fully saturated rings. The van der Waals surface area contributed by atoms with Crippen molar-refractivity contribution in [3.63, 3.8) is 0 Å². The van der Waals surface area contributed by atoms with Crippen molar-refractivity contribution in [2.45, 2.75) is 46.3 Å². The van der Waals surface area contributed by atoms with Crippen molar-refractivity contribution >= 4 is 18.3 Å². The van der Waals surface area contributed by atoms with Crippen LogP contribution in [-0.2, 0) is 22.7 Å². The largest absolute Gasteiger partial charge is 0.369 e. The minimum absolute atomic E-state index is 0.0573. The highest BCUT2D eigenvalue weighted by Crippen LogP contribution is 2.19. The Morgan fingerprint density at radius 2 is 1.93 bits per heavy atom. The third-order valence-corrected chi connectivity index (χ3v) is 4.70. The number of hydrogen-bond acceptors (Lipinski definition) is 4. The van der Waals surface area contributed by atoms with Gasteiger partial charge in [-0.3, -0.25) is 14.5 Å². The van der Waals surface area contributed by atoms with Crippen LogP contribution in [0.15, 0.2) is 53.5 Å². The number of guanidine groups is 1. The van der Waals surface area contributed by atoms with Crippen molar-refractivity contribution in [3.05, 3.63) is 71.0 Å². The summed E-state index contributed by atoms with van der Waals surface area (Å²) < 4.78 is 13.4. The molecule has 2 aromatic carbocycles. The van der Waals surface area contributed by atoms with Crippen LogP contribution in [0.3, 0.4) is 0 Å². The van der Waals surface area contributed by atoms with E-state index >= 15 is 0 Å². The Hall–Kier alpha value is -3.22. The first-order chi connectivity index (χ1) is 14.3. The van der Waals surface area contributed by atoms with Gasteiger partial charge in [-0.1, -0.05) is 50.2 Å². The van der Waals surface area contributed by atoms with Gasteiger partial charge < -0.3 is 11.1 Å². The fraction of sp³-hybridized carbons (Fsp3) is 0.348. The number of amides is 2. The maximum absolute atomic E-state index is 13.4. The lowest BCUT2D eigenvalue weighted by Gasteiger charge is -2.30. The zero-order chi connectivity index (χ0) is 22.1. The number of nitrogens with two attached hydrogens (primary N) is 1. The first kappa shape index (κ1) is 23.1. The van der Waals surface area contributed by atoms with Crippen LogP contribution < -0.4 is 11.1 Å². The van der Waals surface area contributed by atoms with Crippen molar-refractivity contribution in [1.29, 1.82) is 0 Å². The Balaban J connectivity index is 0.000000269. The van der Waals surface area contributed by atoms with Gasteiger partial charge in [0.05, 0.1) is 19.0 Å². The van der Waals surface area contributed by atoms with E-state index in [4.69, 9.17) is 5.73 Å². The molecule has 2 aromatic rings. The van der Waals surface area contributed by atoms with E-state index in [1.54, 1.807) is 0 Å². The van der Waals surface area contributed by atoms with Gasteiger partial charge in [0.25, 0.3) is 0 Å². The Morgan fingerprint density at radius 1 is 1.23 bits per heavy atom. The van der Waals surface area contributed by atoms with E-state index < -0.39 is 0 Å². The number of aliphatic imine (C=N–C) groups is 1. The molecule has 0 spiro atoms. The van der Waals surface area contributed by atoms with Gasteiger partial charge in [-0.05, 0) is 41.7 Å². The van der Waals surface area contributed by atoms with Gasteiger partial charge in [0.1, 0.15) is 5.82 Å². The van der Waals surface area contributed by atoms with Gasteiger partial charge >= 0.3 is 0 Å². The lowest BCUT2D eigenvalue weighted by atomic mass is 9.99. The number of nitrogens with zero attached hydrogens (tertiary/aromatic N) is 2. The molecule has 1 unspecified atom stereocenters. The molecule has 7 heteroatoms. The third kappa shape index (κ3) is 6.99. The number of aryl methyl sites for hydroxylation is 1. The van der Waals surface area contributed by atoms with E-state index in [0.29, 0.717) is 19.4 Å². The van der Waals surface area contributed by atoms with E-state index in [-0.39, 0.29) is 36.2 Å². The van der Waals surface area contributed by atoms with E-state index in [1.807, 2.05) is 57.2 Å². The van der Waals surface area contributed by atoms with Gasteiger partial charge in [0.2, 0.25) is 12.3 Å². The molecular weight excluding hydrogens is 383 g/mol. The summed E-state index contributed by atoms with van der Waals surface area (Å²) in [5.41, 5.74) is 8.54. The van der Waals surface area contributed by atoms with Crippen LogP contribution in [0.2, 0.25) is 0 Å². The highest BCUT2D eigenvalue weighted by atomic mass is 19.1. The summed E-state index contributed by atoms with van der Waals surface area (Å²) in [6.07, 6.45) is 1.06. The average Bonchev–Trinajstić information content (AvgIpc) is 2.69. The normalized spacial score (nSPS) is 15.9. The first-order valence-electron chi connectivity index (χ1n) is 9.90. The maximum atomic E-state index is 13.4. The average molecular weight is 413 g/mol. The maximum Gasteiger partial charge on any atom is 0.231 e. The molecule has 6 nitrogen and oxygen atoms in total. The molecule has 1 aliphatic rings. The number of carbonyl (C=O) groups is 2. The number of hydrogen-bond donors (Lipinski definition) is 2. The highest BCUT2D eigenvalue weighted by molar-refractivity contribution is 5.98. The summed E-state index contributed by atoms with van der Waals surface area (Å²) in [7, 11) is 0. The zero-order valence-corrected chi connectivity index (χ0v) is 17.6. The van der Waals surface area contributed by atoms with Crippen LogP contribution in [0.4, 0.5) is 4.39 Å². The number of carbonyl (C=O) groups excluding carboxylic acids is 2. The van der Waals surface area contributed by atoms with E-state index in [9.17, 15) is 14.0 Å². The van der Waals surface area contributed by atoms with Crippen molar-refractivity contribution in [2.24, 2.45) is 16.6 Å². The summed E-state index contributed by atoms with van der Waals surface area (Å²) in [6.45, 7) is 6.72. The molecule has 30 heavy (non-hydrogen) atoms. The molecule has 3 N–H and O–H groups in total. The summed E-state index contributed by atoms with van der Waals surface area (Å²) in [4.78, 5) is 27.8. The molecular formula is C23H29FN4O2. The molecule has 1 heterocycles. The predicted molar refractivity (Wildman–Crippen MR) is 116 cm³/mol. The smallest absolute Gasteiger partial charge is 0.231 e. The molecule has 160 valence electrons. The second-order valence-electron chi connectivity index (χ2n) is 7.60. The molecule has 0 saturated carbocycles. The molecule has 1 atom stereocenters. The number of nitrogens with one attached hydrogen (secondary N) is 1. The molecule has 0 bridgehead atoms. The Labute approximate surface area is 177 Å². The minimum atomic E-state index is -0.306. The standard InChI is InChI=1S/C15H20FN3O.C8H9NO/c1-9(2)13-7-14(20)19(15(17)18-13)8-11-4-10(3)5-12(16)6-11;10-7-9-6-8-4-2-1-3-5-8/h4-6,9,13H,7-8H2,1-3H3,(H2,17,18);1-5,7H,6H2,(H,9,10). The second kappa shape index (κ2) is 11.1. The highest BCUT2D eigenvalue weighted by Gasteiger charge is 2.29. The van der Waals surface area contributed by atoms with Gasteiger partial charge in [0, 0.05) is 6.54 Å². The number of halogens is 1. The summed E-state index contributed by atoms with van der Waals surface area (Å²) in [5.74, 6) is 0.135. The monoisotopic (exact) mass is 412 g/mol. The lowest BCUT2D eigenvalue weighted by molar-refractivity contribution is -0.129. The molecule has 2 amide bonds. The predicted octanol–water partition coefficient (Wildman–Crippen LogP) is 3.14. The summed E-state index contributed by atoms with van der Waals surface area (Å²) >= 11 is 0. The van der Waals surface area contributed by atoms with Gasteiger partial charge in [-0.2, -0.15) is 0 Å². The van der Waals surface area contributed by atoms with Gasteiger partial charge in [0.15, 0.2) is 5.96 Å². The molecule has 3 rings (SSSR count). The topological polar surface area (TPSA) is 87.8 Å². The molecule has 0 radical (unpaired) electrons. The van der Waals surface area contributed by atoms with E-state index in [0.717, 1.165) is 16.7 Å². The molecule has 0 saturated heterocycles. The Morgan fingerprint density at radius 3 is 2.50 bits per heavy atom. The van der Waals surface area contributed by atoms with Crippen LogP contribution in [0.25, 0.3) is 0 Å². The van der Waals surface area contributed by atoms with Crippen molar-refractivity contribution in [3.8, 4) is 0 Å². The SMILES string of the molecule is Cc1cc(F)cc(CN2C(=O)CC(C(C)C)N=C2N)c1.O=CNCc1ccccc1. The summed E-state index contributed by atoms with van der Waals surface area (Å²) in [5, 5.41) is 2.58. The number of benzene rings is 2. The fourth-order valence-electron chi connectivity index (χ4n) is 3.10. The van der Waals surface area contributed by atoms with Gasteiger partial charge in [-0.25, -0.2) is 9.38 Å². The Kier molecular flexibility index (Phi) is 8.53. The van der Waals surface area contributed by atoms with Gasteiger partial charge in [-0.15, -0.1) is 0 Å². The molecule has 0 aliphatic carbocycles. The summed E-state index contributed by atoms with van der Waals surface area (Å²) in [6, 6.07) is 14.4. The van der Waals surface area contributed by atoms with Crippen LogP contribution in [0.5, 0.6) is 0 Å². The van der Waals surface area contributed by atoms with Crippen molar-refractivity contribution in [1.82, 2.24) is 10.2 Å². The fourth-order valence-corrected chi connectivity index (χ4v) is 3.10. The quantitative estimate of drug-likeness (QED) is 0.715. The minimum Gasteiger partial charge on any atom is -0.369 e. The third-order valence-electron chi connectivity index (χ3n) is 4.70. The lowest BCUT2D eigenvalue weighted by Crippen LogP contribution is -2.47. The van der Waals surface area contributed by atoms with Crippen LogP contribution >= 0.6 is 0 Å². The van der Waals surface area contributed by atoms with Crippen LogP contribution in [-0.4, -0.2) is 29.2 Å². The molecule has 0 aromatic heterocycles. The second-order valence-corrected chi connectivity index (χ2v) is 7.60. The zero-order valence-electron chi connectivity index (χ0n) is 17.6. The van der Waals surface area contributed by atoms with E-state index in [1.165, 1.54) is 17.0 Å². The first-order valence-corrected chi connectivity index (χ1v) is 9.90. The van der Waals surface area contributed by atoms with Crippen molar-refractivity contribution in [2.75, 3.05) is 0 Å². The Bertz CT molecular complexity index is 864. The number of rotatable bonds is 6.